The molecule has 1 N–H and O–H groups in total. The number of halogens is 1. The maximum Gasteiger partial charge on any atom is 0.166 e. The van der Waals surface area contributed by atoms with Crippen LogP contribution in [0.25, 0.3) is 0 Å². The maximum atomic E-state index is 13.4. The number of fused-ring (bicyclic) bond motifs is 6. The van der Waals surface area contributed by atoms with Crippen molar-refractivity contribution >= 4 is 5.78 Å². The summed E-state index contributed by atoms with van der Waals surface area (Å²) in [6, 6.07) is 6.19. The first-order chi connectivity index (χ1) is 14.3. The van der Waals surface area contributed by atoms with Gasteiger partial charge in [0.05, 0.1) is 5.60 Å². The van der Waals surface area contributed by atoms with E-state index in [0.29, 0.717) is 17.4 Å². The Bertz CT molecular complexity index is 800. The van der Waals surface area contributed by atoms with Crippen LogP contribution in [-0.2, 0) is 0 Å². The second kappa shape index (κ2) is 7.43. The Morgan fingerprint density at radius 3 is 2.43 bits per heavy atom. The van der Waals surface area contributed by atoms with Crippen LogP contribution in [0.4, 0.5) is 4.39 Å². The van der Waals surface area contributed by atoms with E-state index in [1.807, 2.05) is 6.92 Å². The molecule has 2 nitrogen and oxygen atoms in total. The number of carbonyl (C=O) groups excluding carboxylic acids is 1. The van der Waals surface area contributed by atoms with Crippen molar-refractivity contribution in [1.82, 2.24) is 0 Å². The molecule has 1 aromatic carbocycles. The summed E-state index contributed by atoms with van der Waals surface area (Å²) in [7, 11) is 0. The quantitative estimate of drug-likeness (QED) is 0.569. The van der Waals surface area contributed by atoms with Gasteiger partial charge in [0.1, 0.15) is 5.82 Å². The van der Waals surface area contributed by atoms with Crippen molar-refractivity contribution in [3.8, 4) is 0 Å². The van der Waals surface area contributed by atoms with E-state index in [-0.39, 0.29) is 22.9 Å². The highest BCUT2D eigenvalue weighted by atomic mass is 19.1. The van der Waals surface area contributed by atoms with Gasteiger partial charge in [0, 0.05) is 11.5 Å². The Balaban J connectivity index is 1.39. The van der Waals surface area contributed by atoms with E-state index in [2.05, 4.69) is 6.92 Å². The van der Waals surface area contributed by atoms with Crippen LogP contribution in [0.15, 0.2) is 24.3 Å². The molecule has 0 spiro atoms. The molecule has 164 valence electrons. The third-order valence-corrected chi connectivity index (χ3v) is 9.92. The molecule has 0 saturated heterocycles. The molecule has 0 aromatic heterocycles. The molecule has 8 atom stereocenters. The van der Waals surface area contributed by atoms with Crippen LogP contribution in [0.1, 0.15) is 88.4 Å². The first-order valence-electron chi connectivity index (χ1n) is 12.3. The molecular weight excluding hydrogens is 375 g/mol. The molecule has 4 saturated carbocycles. The van der Waals surface area contributed by atoms with Crippen molar-refractivity contribution in [3.05, 3.63) is 35.6 Å². The molecule has 4 aliphatic rings. The van der Waals surface area contributed by atoms with E-state index >= 15 is 0 Å². The SMILES string of the molecule is C[C@@]1(O)CC[C@H]2[C@H](CC[C@@H]3C[C@@H]2CC[C@]2(C)[C@@H](C(=O)c4ccc(F)cc4)CC[C@@H]32)C1. The lowest BCUT2D eigenvalue weighted by Gasteiger charge is -2.43. The standard InChI is InChI=1S/C27H37FO2/c1-26(30)13-12-22-18-11-14-27(2)23(19(15-18)3-4-20(22)16-26)9-10-24(27)25(29)17-5-7-21(28)8-6-17/h5-8,18-20,22-24,30H,3-4,9-16H2,1-2H3/t18-,19+,20+,22+,23-,24+,26+,27-/m0/s1. The first-order valence-corrected chi connectivity index (χ1v) is 12.3. The number of aliphatic hydroxyl groups is 1. The summed E-state index contributed by atoms with van der Waals surface area (Å²) in [4.78, 5) is 13.4. The van der Waals surface area contributed by atoms with Crippen molar-refractivity contribution in [2.24, 2.45) is 40.9 Å². The predicted octanol–water partition coefficient (Wildman–Crippen LogP) is 6.42. The van der Waals surface area contributed by atoms with E-state index in [4.69, 9.17) is 0 Å². The zero-order valence-electron chi connectivity index (χ0n) is 18.6. The zero-order valence-corrected chi connectivity index (χ0v) is 18.6. The molecule has 0 radical (unpaired) electrons. The highest BCUT2D eigenvalue weighted by molar-refractivity contribution is 5.98. The highest BCUT2D eigenvalue weighted by Gasteiger charge is 2.55. The molecule has 0 aliphatic heterocycles. The monoisotopic (exact) mass is 412 g/mol. The topological polar surface area (TPSA) is 37.3 Å². The molecule has 4 fully saturated rings. The van der Waals surface area contributed by atoms with Crippen molar-refractivity contribution in [2.45, 2.75) is 83.7 Å². The minimum atomic E-state index is -0.468. The smallest absolute Gasteiger partial charge is 0.166 e. The summed E-state index contributed by atoms with van der Waals surface area (Å²) >= 11 is 0. The number of benzene rings is 1. The molecule has 2 bridgehead atoms. The number of hydrogen-bond acceptors (Lipinski definition) is 2. The normalized spacial score (nSPS) is 45.7. The van der Waals surface area contributed by atoms with E-state index < -0.39 is 5.60 Å². The number of rotatable bonds is 2. The second-order valence-corrected chi connectivity index (χ2v) is 11.6. The van der Waals surface area contributed by atoms with Gasteiger partial charge >= 0.3 is 0 Å². The molecular formula is C27H37FO2. The summed E-state index contributed by atoms with van der Waals surface area (Å²) in [5.41, 5.74) is 0.296. The van der Waals surface area contributed by atoms with Gasteiger partial charge in [-0.15, -0.1) is 0 Å². The van der Waals surface area contributed by atoms with E-state index in [0.717, 1.165) is 43.4 Å². The molecule has 0 heterocycles. The molecule has 3 heteroatoms. The Morgan fingerprint density at radius 2 is 1.67 bits per heavy atom. The van der Waals surface area contributed by atoms with Gasteiger partial charge < -0.3 is 5.11 Å². The summed E-state index contributed by atoms with van der Waals surface area (Å²) < 4.78 is 13.4. The van der Waals surface area contributed by atoms with Gasteiger partial charge in [0.15, 0.2) is 5.78 Å². The second-order valence-electron chi connectivity index (χ2n) is 11.6. The molecule has 0 amide bonds. The van der Waals surface area contributed by atoms with Crippen molar-refractivity contribution < 1.29 is 14.3 Å². The van der Waals surface area contributed by atoms with Gasteiger partial charge in [-0.3, -0.25) is 4.79 Å². The molecule has 5 rings (SSSR count). The van der Waals surface area contributed by atoms with Crippen molar-refractivity contribution in [3.63, 3.8) is 0 Å². The van der Waals surface area contributed by atoms with Crippen LogP contribution in [0.5, 0.6) is 0 Å². The minimum Gasteiger partial charge on any atom is -0.390 e. The van der Waals surface area contributed by atoms with Crippen LogP contribution in [-0.4, -0.2) is 16.5 Å². The van der Waals surface area contributed by atoms with E-state index in [1.165, 1.54) is 50.7 Å². The Labute approximate surface area is 180 Å². The fourth-order valence-corrected chi connectivity index (χ4v) is 8.42. The fraction of sp³-hybridized carbons (Fsp3) is 0.741. The third kappa shape index (κ3) is 3.45. The van der Waals surface area contributed by atoms with Crippen LogP contribution in [0.3, 0.4) is 0 Å². The largest absolute Gasteiger partial charge is 0.390 e. The van der Waals surface area contributed by atoms with Crippen LogP contribution < -0.4 is 0 Å². The summed E-state index contributed by atoms with van der Waals surface area (Å²) in [6.07, 6.45) is 11.5. The summed E-state index contributed by atoms with van der Waals surface area (Å²) in [5, 5.41) is 10.7. The maximum absolute atomic E-state index is 13.4. The predicted molar refractivity (Wildman–Crippen MR) is 117 cm³/mol. The average Bonchev–Trinajstić information content (AvgIpc) is 2.85. The Kier molecular flexibility index (Phi) is 5.12. The van der Waals surface area contributed by atoms with Gasteiger partial charge in [-0.05, 0) is 130 Å². The van der Waals surface area contributed by atoms with E-state index in [9.17, 15) is 14.3 Å². The molecule has 1 aromatic rings. The van der Waals surface area contributed by atoms with Crippen LogP contribution in [0, 0.1) is 46.7 Å². The Hall–Kier alpha value is -1.22. The average molecular weight is 413 g/mol. The lowest BCUT2D eigenvalue weighted by atomic mass is 9.63. The van der Waals surface area contributed by atoms with Gasteiger partial charge in [0.25, 0.3) is 0 Å². The summed E-state index contributed by atoms with van der Waals surface area (Å²) in [5.74, 6) is 3.62. The number of carbonyl (C=O) groups is 1. The Morgan fingerprint density at radius 1 is 0.933 bits per heavy atom. The lowest BCUT2D eigenvalue weighted by molar-refractivity contribution is -0.0336. The zero-order chi connectivity index (χ0) is 21.1. The summed E-state index contributed by atoms with van der Waals surface area (Å²) in [6.45, 7) is 4.43. The fourth-order valence-electron chi connectivity index (χ4n) is 8.42. The third-order valence-electron chi connectivity index (χ3n) is 9.92. The van der Waals surface area contributed by atoms with Crippen LogP contribution in [0.2, 0.25) is 0 Å². The molecule has 4 aliphatic carbocycles. The van der Waals surface area contributed by atoms with Gasteiger partial charge in [-0.1, -0.05) is 6.92 Å². The number of Topliss-reactive ketones (excluding diaryl/α,β-unsaturated/α-hetero) is 1. The van der Waals surface area contributed by atoms with Gasteiger partial charge in [-0.2, -0.15) is 0 Å². The first kappa shape index (κ1) is 20.7. The number of ketones is 1. The van der Waals surface area contributed by atoms with Crippen LogP contribution >= 0.6 is 0 Å². The number of hydrogen-bond donors (Lipinski definition) is 1. The molecule has 30 heavy (non-hydrogen) atoms. The highest BCUT2D eigenvalue weighted by Crippen LogP contribution is 2.62. The van der Waals surface area contributed by atoms with Crippen molar-refractivity contribution in [2.75, 3.05) is 0 Å². The van der Waals surface area contributed by atoms with Gasteiger partial charge in [-0.25, -0.2) is 4.39 Å². The molecule has 0 unspecified atom stereocenters. The lowest BCUT2D eigenvalue weighted by Crippen LogP contribution is -2.39. The van der Waals surface area contributed by atoms with Crippen molar-refractivity contribution in [1.29, 1.82) is 0 Å². The minimum absolute atomic E-state index is 0.0801. The van der Waals surface area contributed by atoms with E-state index in [1.54, 1.807) is 12.1 Å². The van der Waals surface area contributed by atoms with Gasteiger partial charge in [0.2, 0.25) is 0 Å².